The molecule has 0 spiro atoms. The quantitative estimate of drug-likeness (QED) is 0.856. The number of ether oxygens (including phenoxy) is 1. The lowest BCUT2D eigenvalue weighted by atomic mass is 10.1. The fourth-order valence-corrected chi connectivity index (χ4v) is 1.70. The molecule has 0 heterocycles. The molecule has 1 amide bonds. The van der Waals surface area contributed by atoms with Gasteiger partial charge in [-0.15, -0.1) is 0 Å². The lowest BCUT2D eigenvalue weighted by Gasteiger charge is -2.07. The van der Waals surface area contributed by atoms with Crippen LogP contribution in [0.25, 0.3) is 0 Å². The summed E-state index contributed by atoms with van der Waals surface area (Å²) in [5, 5.41) is 0. The maximum Gasteiger partial charge on any atom is 0.248 e. The summed E-state index contributed by atoms with van der Waals surface area (Å²) in [4.78, 5) is 11.1. The van der Waals surface area contributed by atoms with E-state index in [1.54, 1.807) is 18.2 Å². The van der Waals surface area contributed by atoms with E-state index in [0.29, 0.717) is 18.7 Å². The molecule has 0 atom stereocenters. The van der Waals surface area contributed by atoms with Crippen molar-refractivity contribution in [1.82, 2.24) is 0 Å². The smallest absolute Gasteiger partial charge is 0.248 e. The minimum Gasteiger partial charge on any atom is -0.489 e. The number of carbonyl (C=O) groups excluding carboxylic acids is 1. The number of primary amides is 1. The minimum atomic E-state index is -0.436. The summed E-state index contributed by atoms with van der Waals surface area (Å²) in [6, 6.07) is 14.7. The topological polar surface area (TPSA) is 78.3 Å². The van der Waals surface area contributed by atoms with Gasteiger partial charge < -0.3 is 16.2 Å². The van der Waals surface area contributed by atoms with Crippen LogP contribution in [0.3, 0.4) is 0 Å². The molecule has 0 fully saturated rings. The van der Waals surface area contributed by atoms with Crippen molar-refractivity contribution in [2.24, 2.45) is 11.5 Å². The zero-order valence-electron chi connectivity index (χ0n) is 10.5. The molecule has 4 nitrogen and oxygen atoms in total. The second-order valence-corrected chi connectivity index (χ2v) is 4.20. The van der Waals surface area contributed by atoms with E-state index in [9.17, 15) is 4.79 Å². The van der Waals surface area contributed by atoms with Gasteiger partial charge in [0, 0.05) is 12.1 Å². The summed E-state index contributed by atoms with van der Waals surface area (Å²) < 4.78 is 5.63. The van der Waals surface area contributed by atoms with E-state index in [0.717, 1.165) is 16.9 Å². The van der Waals surface area contributed by atoms with Crippen molar-refractivity contribution in [2.45, 2.75) is 13.2 Å². The molecular weight excluding hydrogens is 240 g/mol. The molecule has 2 rings (SSSR count). The number of amides is 1. The first-order valence-electron chi connectivity index (χ1n) is 5.99. The maximum atomic E-state index is 11.1. The zero-order chi connectivity index (χ0) is 13.7. The summed E-state index contributed by atoms with van der Waals surface area (Å²) in [5.41, 5.74) is 13.2. The Morgan fingerprint density at radius 3 is 2.42 bits per heavy atom. The number of rotatable bonds is 5. The largest absolute Gasteiger partial charge is 0.489 e. The van der Waals surface area contributed by atoms with E-state index < -0.39 is 5.91 Å². The number of hydrogen-bond acceptors (Lipinski definition) is 3. The highest BCUT2D eigenvalue weighted by molar-refractivity contribution is 5.92. The maximum absolute atomic E-state index is 11.1. The molecular formula is C15H16N2O2. The van der Waals surface area contributed by atoms with Gasteiger partial charge in [0.05, 0.1) is 0 Å². The van der Waals surface area contributed by atoms with E-state index in [1.165, 1.54) is 0 Å². The minimum absolute atomic E-state index is 0.392. The Kier molecular flexibility index (Phi) is 4.15. The monoisotopic (exact) mass is 256 g/mol. The van der Waals surface area contributed by atoms with Crippen molar-refractivity contribution in [1.29, 1.82) is 0 Å². The lowest BCUT2D eigenvalue weighted by molar-refractivity contribution is 0.1000. The summed E-state index contributed by atoms with van der Waals surface area (Å²) in [5.74, 6) is 0.329. The molecule has 19 heavy (non-hydrogen) atoms. The molecule has 2 aromatic carbocycles. The Morgan fingerprint density at radius 1 is 1.05 bits per heavy atom. The van der Waals surface area contributed by atoms with Gasteiger partial charge in [0.25, 0.3) is 0 Å². The third-order valence-electron chi connectivity index (χ3n) is 2.78. The molecule has 98 valence electrons. The molecule has 0 aromatic heterocycles. The van der Waals surface area contributed by atoms with Gasteiger partial charge in [-0.05, 0) is 35.4 Å². The Balaban J connectivity index is 2.01. The van der Waals surface area contributed by atoms with E-state index in [-0.39, 0.29) is 0 Å². The van der Waals surface area contributed by atoms with Crippen LogP contribution in [0.2, 0.25) is 0 Å². The van der Waals surface area contributed by atoms with Gasteiger partial charge in [0.2, 0.25) is 5.91 Å². The Morgan fingerprint density at radius 2 is 1.79 bits per heavy atom. The van der Waals surface area contributed by atoms with Gasteiger partial charge in [-0.3, -0.25) is 4.79 Å². The van der Waals surface area contributed by atoms with E-state index in [2.05, 4.69) is 0 Å². The van der Waals surface area contributed by atoms with Gasteiger partial charge in [-0.25, -0.2) is 0 Å². The molecule has 0 saturated carbocycles. The number of nitrogens with two attached hydrogens (primary N) is 2. The first-order chi connectivity index (χ1) is 9.19. The molecule has 4 N–H and O–H groups in total. The van der Waals surface area contributed by atoms with Crippen molar-refractivity contribution < 1.29 is 9.53 Å². The molecule has 0 saturated heterocycles. The van der Waals surface area contributed by atoms with Crippen LogP contribution in [0.15, 0.2) is 48.5 Å². The van der Waals surface area contributed by atoms with Crippen LogP contribution < -0.4 is 16.2 Å². The summed E-state index contributed by atoms with van der Waals surface area (Å²) in [6.07, 6.45) is 0. The SMILES string of the molecule is NCc1ccc(OCc2cccc(C(N)=O)c2)cc1. The van der Waals surface area contributed by atoms with Crippen molar-refractivity contribution in [2.75, 3.05) is 0 Å². The van der Waals surface area contributed by atoms with Gasteiger partial charge in [-0.1, -0.05) is 24.3 Å². The highest BCUT2D eigenvalue weighted by atomic mass is 16.5. The van der Waals surface area contributed by atoms with Gasteiger partial charge in [0.15, 0.2) is 0 Å². The average molecular weight is 256 g/mol. The van der Waals surface area contributed by atoms with Crippen LogP contribution in [0.1, 0.15) is 21.5 Å². The number of carbonyl (C=O) groups is 1. The predicted molar refractivity (Wildman–Crippen MR) is 73.6 cm³/mol. The second-order valence-electron chi connectivity index (χ2n) is 4.20. The van der Waals surface area contributed by atoms with Crippen LogP contribution in [-0.4, -0.2) is 5.91 Å². The Bertz CT molecular complexity index is 565. The molecule has 2 aromatic rings. The molecule has 0 aliphatic carbocycles. The molecule has 0 bridgehead atoms. The van der Waals surface area contributed by atoms with E-state index >= 15 is 0 Å². The summed E-state index contributed by atoms with van der Waals surface area (Å²) >= 11 is 0. The van der Waals surface area contributed by atoms with Crippen LogP contribution in [0.5, 0.6) is 5.75 Å². The standard InChI is InChI=1S/C15H16N2O2/c16-9-11-4-6-14(7-5-11)19-10-12-2-1-3-13(8-12)15(17)18/h1-8H,9-10,16H2,(H2,17,18). The fraction of sp³-hybridized carbons (Fsp3) is 0.133. The molecule has 0 aliphatic heterocycles. The highest BCUT2D eigenvalue weighted by Crippen LogP contribution is 2.14. The molecule has 0 aliphatic rings. The van der Waals surface area contributed by atoms with Crippen molar-refractivity contribution >= 4 is 5.91 Å². The first-order valence-corrected chi connectivity index (χ1v) is 5.99. The van der Waals surface area contributed by atoms with E-state index in [1.807, 2.05) is 30.3 Å². The van der Waals surface area contributed by atoms with Gasteiger partial charge >= 0.3 is 0 Å². The zero-order valence-corrected chi connectivity index (χ0v) is 10.5. The van der Waals surface area contributed by atoms with Gasteiger partial charge in [-0.2, -0.15) is 0 Å². The third-order valence-corrected chi connectivity index (χ3v) is 2.78. The lowest BCUT2D eigenvalue weighted by Crippen LogP contribution is -2.11. The molecule has 4 heteroatoms. The predicted octanol–water partition coefficient (Wildman–Crippen LogP) is 1.82. The van der Waals surface area contributed by atoms with Crippen LogP contribution >= 0.6 is 0 Å². The van der Waals surface area contributed by atoms with Crippen molar-refractivity contribution in [3.63, 3.8) is 0 Å². The van der Waals surface area contributed by atoms with Crippen LogP contribution in [-0.2, 0) is 13.2 Å². The summed E-state index contributed by atoms with van der Waals surface area (Å²) in [6.45, 7) is 0.907. The van der Waals surface area contributed by atoms with Crippen LogP contribution in [0, 0.1) is 0 Å². The van der Waals surface area contributed by atoms with E-state index in [4.69, 9.17) is 16.2 Å². The number of benzene rings is 2. The van der Waals surface area contributed by atoms with Crippen molar-refractivity contribution in [3.05, 3.63) is 65.2 Å². The van der Waals surface area contributed by atoms with Crippen LogP contribution in [0.4, 0.5) is 0 Å². The Hall–Kier alpha value is -2.33. The fourth-order valence-electron chi connectivity index (χ4n) is 1.70. The third kappa shape index (κ3) is 3.56. The average Bonchev–Trinajstić information content (AvgIpc) is 2.46. The molecule has 0 radical (unpaired) electrons. The van der Waals surface area contributed by atoms with Gasteiger partial charge in [0.1, 0.15) is 12.4 Å². The summed E-state index contributed by atoms with van der Waals surface area (Å²) in [7, 11) is 0. The first kappa shape index (κ1) is 13.1. The van der Waals surface area contributed by atoms with Crippen molar-refractivity contribution in [3.8, 4) is 5.75 Å². The highest BCUT2D eigenvalue weighted by Gasteiger charge is 2.02. The molecule has 0 unspecified atom stereocenters. The Labute approximate surface area is 112 Å². The normalized spacial score (nSPS) is 10.2. The second kappa shape index (κ2) is 6.02. The number of hydrogen-bond donors (Lipinski definition) is 2.